The second kappa shape index (κ2) is 7.12. The van der Waals surface area contributed by atoms with Crippen molar-refractivity contribution in [3.8, 4) is 11.5 Å². The molecule has 1 fully saturated rings. The van der Waals surface area contributed by atoms with Crippen LogP contribution >= 0.6 is 0 Å². The van der Waals surface area contributed by atoms with Crippen LogP contribution in [0.15, 0.2) is 42.5 Å². The highest BCUT2D eigenvalue weighted by atomic mass is 16.3. The molecule has 0 unspecified atom stereocenters. The standard InChI is InChI=1S/C24H29BN2O3/c1-23(2,3)21-13-15-12-17(5-6-18(15)27(21)11-10-25)26-22(30)24(8-9-24)16-4-7-19(28)20(29)14-16/h4-7,12-14,28-29H,8-11,25H2,1-3H3,(H,26,30). The molecule has 2 aromatic carbocycles. The predicted molar refractivity (Wildman–Crippen MR) is 123 cm³/mol. The Labute approximate surface area is 178 Å². The number of fused-ring (bicyclic) bond motifs is 1. The summed E-state index contributed by atoms with van der Waals surface area (Å²) < 4.78 is 2.38. The van der Waals surface area contributed by atoms with E-state index in [2.05, 4.69) is 50.6 Å². The first-order valence-corrected chi connectivity index (χ1v) is 10.6. The number of phenolic OH excluding ortho intramolecular Hbond substituents is 2. The monoisotopic (exact) mass is 404 g/mol. The fraction of sp³-hybridized carbons (Fsp3) is 0.375. The normalized spacial score (nSPS) is 15.3. The molecule has 1 aromatic heterocycles. The van der Waals surface area contributed by atoms with Crippen LogP contribution in [0.4, 0.5) is 5.69 Å². The van der Waals surface area contributed by atoms with Gasteiger partial charge in [-0.05, 0) is 54.8 Å². The number of nitrogens with one attached hydrogen (secondary N) is 1. The van der Waals surface area contributed by atoms with Crippen LogP contribution in [0, 0.1) is 0 Å². The van der Waals surface area contributed by atoms with Gasteiger partial charge in [0.2, 0.25) is 5.91 Å². The van der Waals surface area contributed by atoms with Crippen LogP contribution in [-0.4, -0.2) is 28.5 Å². The summed E-state index contributed by atoms with van der Waals surface area (Å²) >= 11 is 0. The van der Waals surface area contributed by atoms with Gasteiger partial charge in [-0.3, -0.25) is 4.79 Å². The zero-order chi connectivity index (χ0) is 21.7. The van der Waals surface area contributed by atoms with Gasteiger partial charge < -0.3 is 20.1 Å². The largest absolute Gasteiger partial charge is 0.504 e. The topological polar surface area (TPSA) is 74.5 Å². The minimum atomic E-state index is -0.634. The van der Waals surface area contributed by atoms with Crippen LogP contribution in [0.25, 0.3) is 10.9 Å². The Morgan fingerprint density at radius 1 is 1.10 bits per heavy atom. The molecule has 0 bridgehead atoms. The maximum atomic E-state index is 13.1. The molecule has 0 aliphatic heterocycles. The van der Waals surface area contributed by atoms with E-state index in [0.717, 1.165) is 42.3 Å². The SMILES string of the molecule is BCCn1c(C(C)(C)C)cc2cc(NC(=O)C3(c4ccc(O)c(O)c4)CC3)ccc21. The number of hydrogen-bond acceptors (Lipinski definition) is 3. The molecule has 30 heavy (non-hydrogen) atoms. The highest BCUT2D eigenvalue weighted by Gasteiger charge is 2.51. The van der Waals surface area contributed by atoms with Gasteiger partial charge in [-0.15, -0.1) is 0 Å². The Balaban J connectivity index is 1.64. The van der Waals surface area contributed by atoms with Crippen LogP contribution < -0.4 is 5.32 Å². The molecule has 0 saturated heterocycles. The molecule has 4 rings (SSSR count). The van der Waals surface area contributed by atoms with E-state index in [-0.39, 0.29) is 22.8 Å². The van der Waals surface area contributed by atoms with E-state index in [0.29, 0.717) is 0 Å². The second-order valence-corrected chi connectivity index (χ2v) is 9.44. The van der Waals surface area contributed by atoms with Crippen molar-refractivity contribution in [3.63, 3.8) is 0 Å². The lowest BCUT2D eigenvalue weighted by Gasteiger charge is -2.22. The summed E-state index contributed by atoms with van der Waals surface area (Å²) in [6.07, 6.45) is 2.52. The van der Waals surface area contributed by atoms with Gasteiger partial charge in [0.15, 0.2) is 11.5 Å². The quantitative estimate of drug-likeness (QED) is 0.443. The fourth-order valence-corrected chi connectivity index (χ4v) is 4.28. The van der Waals surface area contributed by atoms with E-state index in [1.807, 2.05) is 12.1 Å². The zero-order valence-corrected chi connectivity index (χ0v) is 18.1. The van der Waals surface area contributed by atoms with Crippen LogP contribution in [0.2, 0.25) is 6.32 Å². The van der Waals surface area contributed by atoms with E-state index in [4.69, 9.17) is 0 Å². The van der Waals surface area contributed by atoms with Crippen LogP contribution in [0.5, 0.6) is 11.5 Å². The van der Waals surface area contributed by atoms with Gasteiger partial charge in [0, 0.05) is 34.2 Å². The van der Waals surface area contributed by atoms with Crippen LogP contribution in [-0.2, 0) is 22.2 Å². The number of carbonyl (C=O) groups is 1. The third-order valence-corrected chi connectivity index (χ3v) is 6.09. The smallest absolute Gasteiger partial charge is 0.235 e. The number of rotatable bonds is 5. The van der Waals surface area contributed by atoms with E-state index in [1.54, 1.807) is 6.07 Å². The van der Waals surface area contributed by atoms with Crippen LogP contribution in [0.3, 0.4) is 0 Å². The highest BCUT2D eigenvalue weighted by Crippen LogP contribution is 2.50. The first kappa shape index (κ1) is 20.4. The van der Waals surface area contributed by atoms with Crippen molar-refractivity contribution in [3.05, 3.63) is 53.7 Å². The van der Waals surface area contributed by atoms with Gasteiger partial charge in [0.05, 0.1) is 5.41 Å². The summed E-state index contributed by atoms with van der Waals surface area (Å²) in [7, 11) is 2.18. The van der Waals surface area contributed by atoms with E-state index in [9.17, 15) is 15.0 Å². The van der Waals surface area contributed by atoms with E-state index in [1.165, 1.54) is 23.3 Å². The summed E-state index contributed by atoms with van der Waals surface area (Å²) in [6.45, 7) is 7.63. The van der Waals surface area contributed by atoms with Crippen molar-refractivity contribution in [2.45, 2.75) is 57.3 Å². The summed E-state index contributed by atoms with van der Waals surface area (Å²) in [5.74, 6) is -0.442. The molecule has 0 radical (unpaired) electrons. The lowest BCUT2D eigenvalue weighted by molar-refractivity contribution is -0.118. The van der Waals surface area contributed by atoms with Gasteiger partial charge in [-0.1, -0.05) is 33.2 Å². The third-order valence-electron chi connectivity index (χ3n) is 6.09. The number of benzene rings is 2. The average molecular weight is 404 g/mol. The zero-order valence-electron chi connectivity index (χ0n) is 18.1. The van der Waals surface area contributed by atoms with Crippen molar-refractivity contribution >= 4 is 30.3 Å². The Bertz CT molecular complexity index is 1120. The van der Waals surface area contributed by atoms with Crippen molar-refractivity contribution in [1.29, 1.82) is 0 Å². The van der Waals surface area contributed by atoms with Gasteiger partial charge in [0.25, 0.3) is 0 Å². The molecule has 1 aliphatic carbocycles. The number of hydrogen-bond donors (Lipinski definition) is 3. The Morgan fingerprint density at radius 3 is 2.43 bits per heavy atom. The number of aromatic nitrogens is 1. The molecule has 0 spiro atoms. The summed E-state index contributed by atoms with van der Waals surface area (Å²) in [4.78, 5) is 13.1. The number of aromatic hydroxyl groups is 2. The number of nitrogens with zero attached hydrogens (tertiary/aromatic N) is 1. The Hall–Kier alpha value is -2.89. The predicted octanol–water partition coefficient (Wildman–Crippen LogP) is 4.07. The molecule has 1 aliphatic rings. The summed E-state index contributed by atoms with van der Waals surface area (Å²) in [6, 6.07) is 13.0. The summed E-state index contributed by atoms with van der Waals surface area (Å²) in [5.41, 5.74) is 3.39. The van der Waals surface area contributed by atoms with E-state index < -0.39 is 5.41 Å². The van der Waals surface area contributed by atoms with Crippen molar-refractivity contribution in [2.24, 2.45) is 0 Å². The third kappa shape index (κ3) is 3.44. The second-order valence-electron chi connectivity index (χ2n) is 9.44. The lowest BCUT2D eigenvalue weighted by atomic mass is 9.91. The van der Waals surface area contributed by atoms with Gasteiger partial charge in [-0.25, -0.2) is 0 Å². The molecule has 0 atom stereocenters. The molecular weight excluding hydrogens is 375 g/mol. The number of amides is 1. The van der Waals surface area contributed by atoms with Crippen molar-refractivity contribution in [1.82, 2.24) is 4.57 Å². The maximum absolute atomic E-state index is 13.1. The molecule has 3 aromatic rings. The molecule has 6 heteroatoms. The minimum Gasteiger partial charge on any atom is -0.504 e. The molecule has 156 valence electrons. The molecular formula is C24H29BN2O3. The van der Waals surface area contributed by atoms with Crippen LogP contribution in [0.1, 0.15) is 44.9 Å². The van der Waals surface area contributed by atoms with Crippen molar-refractivity contribution in [2.75, 3.05) is 5.32 Å². The molecule has 1 amide bonds. The Morgan fingerprint density at radius 2 is 1.83 bits per heavy atom. The maximum Gasteiger partial charge on any atom is 0.235 e. The Kier molecular flexibility index (Phi) is 4.84. The lowest BCUT2D eigenvalue weighted by Crippen LogP contribution is -2.27. The highest BCUT2D eigenvalue weighted by molar-refractivity contribution is 6.08. The van der Waals surface area contributed by atoms with Gasteiger partial charge >= 0.3 is 0 Å². The molecule has 3 N–H and O–H groups in total. The minimum absolute atomic E-state index is 0.0382. The fourth-order valence-electron chi connectivity index (χ4n) is 4.28. The van der Waals surface area contributed by atoms with Gasteiger partial charge in [-0.2, -0.15) is 0 Å². The number of aryl methyl sites for hydroxylation is 1. The average Bonchev–Trinajstić information content (AvgIpc) is 3.41. The molecule has 5 nitrogen and oxygen atoms in total. The summed E-state index contributed by atoms with van der Waals surface area (Å²) in [5, 5.41) is 23.6. The molecule has 1 saturated carbocycles. The number of phenols is 2. The number of anilines is 1. The first-order valence-electron chi connectivity index (χ1n) is 10.6. The van der Waals surface area contributed by atoms with Crippen molar-refractivity contribution < 1.29 is 15.0 Å². The number of carbonyl (C=O) groups excluding carboxylic acids is 1. The first-order chi connectivity index (χ1) is 14.2. The molecule has 1 heterocycles. The van der Waals surface area contributed by atoms with E-state index >= 15 is 0 Å². The van der Waals surface area contributed by atoms with Gasteiger partial charge in [0.1, 0.15) is 7.85 Å².